The van der Waals surface area contributed by atoms with Gasteiger partial charge in [-0.1, -0.05) is 42.5 Å². The van der Waals surface area contributed by atoms with E-state index < -0.39 is 0 Å². The highest BCUT2D eigenvalue weighted by atomic mass is 16.1. The van der Waals surface area contributed by atoms with E-state index in [4.69, 9.17) is 0 Å². The van der Waals surface area contributed by atoms with Gasteiger partial charge in [0.15, 0.2) is 6.29 Å². The van der Waals surface area contributed by atoms with E-state index >= 15 is 0 Å². The van der Waals surface area contributed by atoms with Crippen molar-refractivity contribution in [2.24, 2.45) is 7.05 Å². The summed E-state index contributed by atoms with van der Waals surface area (Å²) < 4.78 is 3.93. The van der Waals surface area contributed by atoms with Crippen LogP contribution >= 0.6 is 0 Å². The Morgan fingerprint density at radius 1 is 0.952 bits per heavy atom. The number of hydrogen-bond donors (Lipinski definition) is 0. The first-order valence-electron chi connectivity index (χ1n) is 6.77. The van der Waals surface area contributed by atoms with E-state index in [9.17, 15) is 4.79 Å². The van der Waals surface area contributed by atoms with Crippen LogP contribution in [-0.2, 0) is 7.05 Å². The quantitative estimate of drug-likeness (QED) is 0.526. The molecule has 4 aromatic rings. The number of para-hydroxylation sites is 2. The van der Waals surface area contributed by atoms with Crippen LogP contribution in [0.25, 0.3) is 28.1 Å². The van der Waals surface area contributed by atoms with E-state index in [-0.39, 0.29) is 0 Å². The Morgan fingerprint density at radius 2 is 1.62 bits per heavy atom. The molecule has 102 valence electrons. The lowest BCUT2D eigenvalue weighted by Gasteiger charge is -1.99. The van der Waals surface area contributed by atoms with Gasteiger partial charge in [0.2, 0.25) is 5.78 Å². The first-order chi connectivity index (χ1) is 10.3. The lowest BCUT2D eigenvalue weighted by atomic mass is 10.1. The van der Waals surface area contributed by atoms with E-state index in [0.29, 0.717) is 5.69 Å². The van der Waals surface area contributed by atoms with Gasteiger partial charge in [-0.2, -0.15) is 0 Å². The van der Waals surface area contributed by atoms with Crippen molar-refractivity contribution in [2.45, 2.75) is 0 Å². The number of carbonyl (C=O) groups is 1. The Kier molecular flexibility index (Phi) is 2.44. The van der Waals surface area contributed by atoms with Gasteiger partial charge in [-0.15, -0.1) is 0 Å². The minimum absolute atomic E-state index is 0.591. The number of hydrogen-bond acceptors (Lipinski definition) is 2. The maximum absolute atomic E-state index is 11.7. The Bertz CT molecular complexity index is 964. The highest BCUT2D eigenvalue weighted by Gasteiger charge is 2.18. The fourth-order valence-corrected chi connectivity index (χ4v) is 2.85. The van der Waals surface area contributed by atoms with Crippen LogP contribution in [-0.4, -0.2) is 20.2 Å². The molecule has 2 heterocycles. The molecule has 4 nitrogen and oxygen atoms in total. The second kappa shape index (κ2) is 4.31. The van der Waals surface area contributed by atoms with Crippen LogP contribution in [0.5, 0.6) is 0 Å². The van der Waals surface area contributed by atoms with Crippen LogP contribution < -0.4 is 0 Å². The minimum atomic E-state index is 0.591. The Morgan fingerprint density at radius 3 is 2.33 bits per heavy atom. The van der Waals surface area contributed by atoms with Crippen LogP contribution in [0.15, 0.2) is 54.6 Å². The number of aryl methyl sites for hydroxylation is 1. The molecule has 0 amide bonds. The molecule has 0 bridgehead atoms. The summed E-state index contributed by atoms with van der Waals surface area (Å²) in [5, 5.41) is 0. The van der Waals surface area contributed by atoms with Gasteiger partial charge < -0.3 is 4.57 Å². The first kappa shape index (κ1) is 11.9. The SMILES string of the molecule is Cn1c2ccccc2n2c(C=O)c(-c3ccccc3)nc12. The normalized spacial score (nSPS) is 11.3. The van der Waals surface area contributed by atoms with Crippen molar-refractivity contribution in [2.75, 3.05) is 0 Å². The second-order valence-corrected chi connectivity index (χ2v) is 5.01. The van der Waals surface area contributed by atoms with Gasteiger partial charge in [0.25, 0.3) is 0 Å². The summed E-state index contributed by atoms with van der Waals surface area (Å²) >= 11 is 0. The Labute approximate surface area is 121 Å². The number of rotatable bonds is 2. The third-order valence-corrected chi connectivity index (χ3v) is 3.84. The lowest BCUT2D eigenvalue weighted by molar-refractivity contribution is 0.111. The number of benzene rings is 2. The summed E-state index contributed by atoms with van der Waals surface area (Å²) in [5.74, 6) is 0.775. The summed E-state index contributed by atoms with van der Waals surface area (Å²) in [5.41, 5.74) is 4.32. The van der Waals surface area contributed by atoms with Crippen molar-refractivity contribution in [3.05, 3.63) is 60.3 Å². The van der Waals surface area contributed by atoms with Crippen molar-refractivity contribution in [1.82, 2.24) is 14.0 Å². The number of aromatic nitrogens is 3. The van der Waals surface area contributed by atoms with Crippen molar-refractivity contribution in [3.63, 3.8) is 0 Å². The largest absolute Gasteiger partial charge is 0.313 e. The minimum Gasteiger partial charge on any atom is -0.313 e. The maximum Gasteiger partial charge on any atom is 0.215 e. The molecule has 0 fully saturated rings. The molecule has 0 saturated heterocycles. The Hall–Kier alpha value is -2.88. The predicted octanol–water partition coefficient (Wildman–Crippen LogP) is 3.31. The molecular formula is C17H13N3O. The molecule has 0 spiro atoms. The van der Waals surface area contributed by atoms with Gasteiger partial charge >= 0.3 is 0 Å². The van der Waals surface area contributed by atoms with Gasteiger partial charge in [-0.05, 0) is 12.1 Å². The molecule has 0 saturated carbocycles. The smallest absolute Gasteiger partial charge is 0.215 e. The van der Waals surface area contributed by atoms with E-state index in [1.54, 1.807) is 0 Å². The van der Waals surface area contributed by atoms with E-state index in [1.807, 2.05) is 70.6 Å². The molecule has 0 atom stereocenters. The third kappa shape index (κ3) is 1.56. The van der Waals surface area contributed by atoms with E-state index in [1.165, 1.54) is 0 Å². The number of aldehydes is 1. The number of nitrogens with zero attached hydrogens (tertiary/aromatic N) is 3. The molecule has 0 radical (unpaired) electrons. The highest BCUT2D eigenvalue weighted by molar-refractivity contribution is 5.91. The van der Waals surface area contributed by atoms with Crippen molar-refractivity contribution < 1.29 is 4.79 Å². The van der Waals surface area contributed by atoms with Gasteiger partial charge in [0.1, 0.15) is 11.4 Å². The van der Waals surface area contributed by atoms with E-state index in [0.717, 1.165) is 34.4 Å². The monoisotopic (exact) mass is 275 g/mol. The van der Waals surface area contributed by atoms with Crippen LogP contribution in [0, 0.1) is 0 Å². The fourth-order valence-electron chi connectivity index (χ4n) is 2.85. The summed E-state index contributed by atoms with van der Waals surface area (Å²) in [6.45, 7) is 0. The Balaban J connectivity index is 2.16. The zero-order chi connectivity index (χ0) is 14.4. The topological polar surface area (TPSA) is 39.3 Å². The fraction of sp³-hybridized carbons (Fsp3) is 0.0588. The maximum atomic E-state index is 11.7. The summed E-state index contributed by atoms with van der Waals surface area (Å²) in [4.78, 5) is 16.3. The zero-order valence-electron chi connectivity index (χ0n) is 11.5. The van der Waals surface area contributed by atoms with Crippen LogP contribution in [0.1, 0.15) is 10.5 Å². The number of fused-ring (bicyclic) bond motifs is 3. The van der Waals surface area contributed by atoms with Gasteiger partial charge in [-0.25, -0.2) is 4.98 Å². The van der Waals surface area contributed by atoms with Crippen molar-refractivity contribution >= 4 is 23.1 Å². The molecule has 0 aliphatic rings. The molecule has 0 unspecified atom stereocenters. The highest BCUT2D eigenvalue weighted by Crippen LogP contribution is 2.28. The third-order valence-electron chi connectivity index (χ3n) is 3.84. The van der Waals surface area contributed by atoms with Crippen LogP contribution in [0.3, 0.4) is 0 Å². The molecule has 4 heteroatoms. The zero-order valence-corrected chi connectivity index (χ0v) is 11.5. The second-order valence-electron chi connectivity index (χ2n) is 5.01. The average molecular weight is 275 g/mol. The molecule has 21 heavy (non-hydrogen) atoms. The van der Waals surface area contributed by atoms with E-state index in [2.05, 4.69) is 4.98 Å². The first-order valence-corrected chi connectivity index (χ1v) is 6.77. The predicted molar refractivity (Wildman–Crippen MR) is 82.5 cm³/mol. The molecule has 2 aromatic heterocycles. The molecule has 2 aromatic carbocycles. The van der Waals surface area contributed by atoms with Crippen LogP contribution in [0.4, 0.5) is 0 Å². The standard InChI is InChI=1S/C17H13N3O/c1-19-13-9-5-6-10-14(13)20-15(11-21)16(18-17(19)20)12-7-3-2-4-8-12/h2-11H,1H3. The van der Waals surface area contributed by atoms with Gasteiger partial charge in [0, 0.05) is 12.6 Å². The summed E-state index contributed by atoms with van der Waals surface area (Å²) in [6.07, 6.45) is 0.884. The molecule has 0 aliphatic heterocycles. The molecule has 0 aliphatic carbocycles. The summed E-state index contributed by atoms with van der Waals surface area (Å²) in [7, 11) is 1.97. The van der Waals surface area contributed by atoms with Gasteiger partial charge in [-0.3, -0.25) is 9.20 Å². The molecular weight excluding hydrogens is 262 g/mol. The van der Waals surface area contributed by atoms with Crippen molar-refractivity contribution in [1.29, 1.82) is 0 Å². The summed E-state index contributed by atoms with van der Waals surface area (Å²) in [6, 6.07) is 17.8. The lowest BCUT2D eigenvalue weighted by Crippen LogP contribution is -1.91. The van der Waals surface area contributed by atoms with Crippen LogP contribution in [0.2, 0.25) is 0 Å². The molecule has 4 rings (SSSR count). The number of carbonyl (C=O) groups excluding carboxylic acids is 1. The molecule has 0 N–H and O–H groups in total. The number of imidazole rings is 2. The van der Waals surface area contributed by atoms with Gasteiger partial charge in [0.05, 0.1) is 11.0 Å². The van der Waals surface area contributed by atoms with Crippen molar-refractivity contribution in [3.8, 4) is 11.3 Å². The average Bonchev–Trinajstić information content (AvgIpc) is 3.05.